The summed E-state index contributed by atoms with van der Waals surface area (Å²) in [6.45, 7) is -1.22. The van der Waals surface area contributed by atoms with Gasteiger partial charge in [-0.1, -0.05) is 18.5 Å². The SMILES string of the molecule is CCC(OS(C)(=O)=O)c1cnc(-c2cc(Cl)ccc2OC(F)F)s1. The van der Waals surface area contributed by atoms with Crippen LogP contribution >= 0.6 is 22.9 Å². The summed E-state index contributed by atoms with van der Waals surface area (Å²) in [5.41, 5.74) is 0.299. The van der Waals surface area contributed by atoms with Gasteiger partial charge in [-0.3, -0.25) is 4.18 Å². The molecule has 10 heteroatoms. The topological polar surface area (TPSA) is 65.5 Å². The highest BCUT2D eigenvalue weighted by Gasteiger charge is 2.21. The van der Waals surface area contributed by atoms with Crippen molar-refractivity contribution in [3.8, 4) is 16.3 Å². The summed E-state index contributed by atoms with van der Waals surface area (Å²) in [5, 5.41) is 0.710. The summed E-state index contributed by atoms with van der Waals surface area (Å²) in [6, 6.07) is 4.22. The van der Waals surface area contributed by atoms with Crippen LogP contribution in [0.25, 0.3) is 10.6 Å². The van der Waals surface area contributed by atoms with Gasteiger partial charge in [0, 0.05) is 11.2 Å². The van der Waals surface area contributed by atoms with Crippen molar-refractivity contribution in [1.82, 2.24) is 4.98 Å². The minimum atomic E-state index is -3.64. The van der Waals surface area contributed by atoms with E-state index in [1.807, 2.05) is 0 Å². The quantitative estimate of drug-likeness (QED) is 0.644. The number of nitrogens with zero attached hydrogens (tertiary/aromatic N) is 1. The first kappa shape index (κ1) is 19.0. The first-order valence-corrected chi connectivity index (χ1v) is 9.79. The Morgan fingerprint density at radius 2 is 2.08 bits per heavy atom. The molecule has 2 aromatic rings. The van der Waals surface area contributed by atoms with Crippen LogP contribution in [0, 0.1) is 0 Å². The minimum Gasteiger partial charge on any atom is -0.434 e. The fourth-order valence-electron chi connectivity index (χ4n) is 1.96. The van der Waals surface area contributed by atoms with Gasteiger partial charge in [0.05, 0.1) is 16.7 Å². The highest BCUT2D eigenvalue weighted by molar-refractivity contribution is 7.86. The van der Waals surface area contributed by atoms with Gasteiger partial charge in [0.2, 0.25) is 0 Å². The van der Waals surface area contributed by atoms with Crippen LogP contribution < -0.4 is 4.74 Å². The van der Waals surface area contributed by atoms with Crippen LogP contribution in [-0.2, 0) is 14.3 Å². The first-order chi connectivity index (χ1) is 11.2. The van der Waals surface area contributed by atoms with Crippen molar-refractivity contribution in [1.29, 1.82) is 0 Å². The summed E-state index contributed by atoms with van der Waals surface area (Å²) in [4.78, 5) is 4.71. The van der Waals surface area contributed by atoms with E-state index < -0.39 is 22.8 Å². The molecule has 1 unspecified atom stereocenters. The first-order valence-electron chi connectivity index (χ1n) is 6.78. The lowest BCUT2D eigenvalue weighted by atomic mass is 10.2. The highest BCUT2D eigenvalue weighted by Crippen LogP contribution is 2.38. The molecule has 0 bridgehead atoms. The Kier molecular flexibility index (Phi) is 6.13. The van der Waals surface area contributed by atoms with E-state index in [1.165, 1.54) is 24.4 Å². The van der Waals surface area contributed by atoms with Crippen LogP contribution in [-0.4, -0.2) is 26.3 Å². The predicted molar refractivity (Wildman–Crippen MR) is 88.2 cm³/mol. The molecule has 2 rings (SSSR count). The number of hydrogen-bond acceptors (Lipinski definition) is 6. The summed E-state index contributed by atoms with van der Waals surface area (Å²) in [7, 11) is -3.64. The molecule has 1 aromatic heterocycles. The Bertz CT molecular complexity index is 811. The summed E-state index contributed by atoms with van der Waals surface area (Å²) >= 11 is 7.04. The Morgan fingerprint density at radius 3 is 2.67 bits per heavy atom. The normalized spacial score (nSPS) is 13.2. The number of ether oxygens (including phenoxy) is 1. The Labute approximate surface area is 147 Å². The van der Waals surface area contributed by atoms with E-state index in [0.717, 1.165) is 17.6 Å². The zero-order chi connectivity index (χ0) is 17.9. The van der Waals surface area contributed by atoms with Crippen LogP contribution in [0.4, 0.5) is 8.78 Å². The number of benzene rings is 1. The van der Waals surface area contributed by atoms with Crippen LogP contribution in [0.15, 0.2) is 24.4 Å². The van der Waals surface area contributed by atoms with E-state index in [4.69, 9.17) is 15.8 Å². The molecule has 0 amide bonds. The summed E-state index contributed by atoms with van der Waals surface area (Å²) < 4.78 is 57.2. The van der Waals surface area contributed by atoms with Gasteiger partial charge < -0.3 is 4.74 Å². The van der Waals surface area contributed by atoms with Crippen LogP contribution in [0.3, 0.4) is 0 Å². The second-order valence-electron chi connectivity index (χ2n) is 4.78. The molecule has 0 N–H and O–H groups in total. The lowest BCUT2D eigenvalue weighted by Crippen LogP contribution is -2.08. The fourth-order valence-corrected chi connectivity index (χ4v) is 3.90. The van der Waals surface area contributed by atoms with Crippen LogP contribution in [0.1, 0.15) is 24.3 Å². The maximum Gasteiger partial charge on any atom is 0.387 e. The Hall–Kier alpha value is -1.29. The molecule has 5 nitrogen and oxygen atoms in total. The largest absolute Gasteiger partial charge is 0.434 e. The molecule has 0 radical (unpaired) electrons. The third kappa shape index (κ3) is 5.10. The molecular weight excluding hydrogens is 384 g/mol. The molecule has 1 atom stereocenters. The van der Waals surface area contributed by atoms with Gasteiger partial charge in [-0.15, -0.1) is 11.3 Å². The van der Waals surface area contributed by atoms with Crippen LogP contribution in [0.5, 0.6) is 5.75 Å². The van der Waals surface area contributed by atoms with Gasteiger partial charge in [0.15, 0.2) is 0 Å². The predicted octanol–water partition coefficient (Wildman–Crippen LogP) is 4.49. The van der Waals surface area contributed by atoms with Crippen molar-refractivity contribution in [2.75, 3.05) is 6.26 Å². The average molecular weight is 398 g/mol. The monoisotopic (exact) mass is 397 g/mol. The average Bonchev–Trinajstić information content (AvgIpc) is 2.94. The van der Waals surface area contributed by atoms with Gasteiger partial charge in [-0.05, 0) is 24.6 Å². The molecule has 0 aliphatic carbocycles. The molecule has 0 aliphatic rings. The molecule has 0 spiro atoms. The summed E-state index contributed by atoms with van der Waals surface area (Å²) in [5.74, 6) is -0.0626. The van der Waals surface area contributed by atoms with Crippen molar-refractivity contribution in [2.24, 2.45) is 0 Å². The van der Waals surface area contributed by atoms with E-state index in [9.17, 15) is 17.2 Å². The maximum absolute atomic E-state index is 12.5. The second kappa shape index (κ2) is 7.73. The molecule has 0 saturated carbocycles. The van der Waals surface area contributed by atoms with Crippen molar-refractivity contribution >= 4 is 33.1 Å². The smallest absolute Gasteiger partial charge is 0.387 e. The van der Waals surface area contributed by atoms with E-state index in [-0.39, 0.29) is 5.75 Å². The van der Waals surface area contributed by atoms with Crippen molar-refractivity contribution in [2.45, 2.75) is 26.1 Å². The fraction of sp³-hybridized carbons (Fsp3) is 0.357. The van der Waals surface area contributed by atoms with Crippen molar-refractivity contribution < 1.29 is 26.1 Å². The van der Waals surface area contributed by atoms with E-state index in [1.54, 1.807) is 6.92 Å². The number of rotatable bonds is 7. The van der Waals surface area contributed by atoms with Crippen molar-refractivity contribution in [3.63, 3.8) is 0 Å². The molecule has 1 heterocycles. The lowest BCUT2D eigenvalue weighted by Gasteiger charge is -2.11. The molecule has 132 valence electrons. The Morgan fingerprint density at radius 1 is 1.38 bits per heavy atom. The van der Waals surface area contributed by atoms with E-state index >= 15 is 0 Å². The zero-order valence-electron chi connectivity index (χ0n) is 12.7. The molecule has 24 heavy (non-hydrogen) atoms. The molecule has 0 saturated heterocycles. The second-order valence-corrected chi connectivity index (χ2v) is 7.88. The number of alkyl halides is 2. The summed E-state index contributed by atoms with van der Waals surface area (Å²) in [6.07, 6.45) is 2.13. The maximum atomic E-state index is 12.5. The number of halogens is 3. The number of aromatic nitrogens is 1. The van der Waals surface area contributed by atoms with Crippen LogP contribution in [0.2, 0.25) is 5.02 Å². The van der Waals surface area contributed by atoms with E-state index in [2.05, 4.69) is 9.72 Å². The molecule has 0 aliphatic heterocycles. The zero-order valence-corrected chi connectivity index (χ0v) is 15.1. The standard InChI is InChI=1S/C14H14ClF2NO4S2/c1-3-10(22-24(2,19)20)12-7-18-13(23-12)9-6-8(15)4-5-11(9)21-14(16)17/h4-7,10,14H,3H2,1-2H3. The third-order valence-electron chi connectivity index (χ3n) is 2.89. The van der Waals surface area contributed by atoms with Gasteiger partial charge in [0.1, 0.15) is 16.9 Å². The van der Waals surface area contributed by atoms with E-state index in [0.29, 0.717) is 26.9 Å². The Balaban J connectivity index is 2.38. The number of thiazole rings is 1. The molecular formula is C14H14ClF2NO4S2. The third-order valence-corrected chi connectivity index (χ3v) is 4.83. The van der Waals surface area contributed by atoms with Gasteiger partial charge in [-0.25, -0.2) is 4.98 Å². The lowest BCUT2D eigenvalue weighted by molar-refractivity contribution is -0.0494. The highest BCUT2D eigenvalue weighted by atomic mass is 35.5. The van der Waals surface area contributed by atoms with Gasteiger partial charge in [-0.2, -0.15) is 17.2 Å². The number of hydrogen-bond donors (Lipinski definition) is 0. The minimum absolute atomic E-state index is 0.0626. The van der Waals surface area contributed by atoms with Gasteiger partial charge >= 0.3 is 6.61 Å². The van der Waals surface area contributed by atoms with Gasteiger partial charge in [0.25, 0.3) is 10.1 Å². The molecule has 1 aromatic carbocycles. The van der Waals surface area contributed by atoms with Crippen molar-refractivity contribution in [3.05, 3.63) is 34.3 Å². The molecule has 0 fully saturated rings.